The Labute approximate surface area is 220 Å². The number of carbonyl (C=O) groups excluding carboxylic acids is 4. The smallest absolute Gasteiger partial charge is 0.408 e. The fourth-order valence-electron chi connectivity index (χ4n) is 3.57. The molecule has 4 N–H and O–H groups in total. The number of hydrogen-bond acceptors (Lipinski definition) is 5. The number of ether oxygens (including phenoxy) is 1. The van der Waals surface area contributed by atoms with Gasteiger partial charge in [-0.1, -0.05) is 43.9 Å². The number of primary amides is 1. The van der Waals surface area contributed by atoms with E-state index in [-0.39, 0.29) is 25.3 Å². The van der Waals surface area contributed by atoms with Crippen LogP contribution >= 0.6 is 0 Å². The van der Waals surface area contributed by atoms with E-state index in [0.717, 1.165) is 19.3 Å². The van der Waals surface area contributed by atoms with Gasteiger partial charge in [-0.25, -0.2) is 4.79 Å². The molecule has 0 fully saturated rings. The first-order chi connectivity index (χ1) is 17.4. The second-order valence-corrected chi connectivity index (χ2v) is 9.65. The van der Waals surface area contributed by atoms with Crippen molar-refractivity contribution in [1.29, 1.82) is 0 Å². The highest BCUT2D eigenvalue weighted by molar-refractivity contribution is 5.92. The summed E-state index contributed by atoms with van der Waals surface area (Å²) in [6, 6.07) is 4.56. The van der Waals surface area contributed by atoms with Crippen LogP contribution in [0.1, 0.15) is 77.0 Å². The third-order valence-electron chi connectivity index (χ3n) is 5.31. The number of terminal acetylenes is 1. The van der Waals surface area contributed by atoms with Crippen molar-refractivity contribution in [2.24, 2.45) is 5.73 Å². The molecule has 1 aromatic rings. The number of benzene rings is 1. The highest BCUT2D eigenvalue weighted by Crippen LogP contribution is 2.24. The van der Waals surface area contributed by atoms with Gasteiger partial charge in [-0.05, 0) is 51.3 Å². The standard InChI is InChI=1S/C28H40N4O5/c1-7-10-11-18-30-25(34)24(21-14-12-20(9-3)13-15-21)32(19-8-2)26(35)22(16-17-23(29)33)31-27(36)37-28(4,5)6/h3,8,12-15,22,24H,2,7,10-11,16-19H2,1,4-6H3,(H2,29,33)(H,30,34)(H,31,36). The van der Waals surface area contributed by atoms with E-state index in [1.807, 2.05) is 0 Å². The molecule has 9 heteroatoms. The van der Waals surface area contributed by atoms with Gasteiger partial charge in [0.15, 0.2) is 0 Å². The second-order valence-electron chi connectivity index (χ2n) is 9.65. The molecule has 2 unspecified atom stereocenters. The summed E-state index contributed by atoms with van der Waals surface area (Å²) in [7, 11) is 0. The minimum absolute atomic E-state index is 0.00579. The zero-order valence-electron chi connectivity index (χ0n) is 22.3. The van der Waals surface area contributed by atoms with Crippen LogP contribution in [0.15, 0.2) is 36.9 Å². The number of nitrogens with zero attached hydrogens (tertiary/aromatic N) is 1. The summed E-state index contributed by atoms with van der Waals surface area (Å²) < 4.78 is 5.30. The van der Waals surface area contributed by atoms with Crippen molar-refractivity contribution < 1.29 is 23.9 Å². The van der Waals surface area contributed by atoms with E-state index in [0.29, 0.717) is 17.7 Å². The lowest BCUT2D eigenvalue weighted by Gasteiger charge is -2.34. The number of amides is 4. The number of alkyl carbamates (subject to hydrolysis) is 1. The van der Waals surface area contributed by atoms with Crippen molar-refractivity contribution in [3.05, 3.63) is 48.0 Å². The Kier molecular flexibility index (Phi) is 12.9. The summed E-state index contributed by atoms with van der Waals surface area (Å²) in [5.41, 5.74) is 5.66. The van der Waals surface area contributed by atoms with Gasteiger partial charge in [0.05, 0.1) is 0 Å². The molecule has 0 saturated heterocycles. The Balaban J connectivity index is 3.40. The zero-order chi connectivity index (χ0) is 28.0. The van der Waals surface area contributed by atoms with Gasteiger partial charge in [-0.2, -0.15) is 0 Å². The van der Waals surface area contributed by atoms with Crippen molar-refractivity contribution in [3.8, 4) is 12.3 Å². The monoisotopic (exact) mass is 512 g/mol. The second kappa shape index (κ2) is 15.3. The molecule has 0 aliphatic rings. The van der Waals surface area contributed by atoms with Crippen molar-refractivity contribution in [3.63, 3.8) is 0 Å². The van der Waals surface area contributed by atoms with Crippen LogP contribution in [0.3, 0.4) is 0 Å². The predicted octanol–water partition coefficient (Wildman–Crippen LogP) is 3.19. The molecule has 0 aliphatic heterocycles. The lowest BCUT2D eigenvalue weighted by Crippen LogP contribution is -2.53. The van der Waals surface area contributed by atoms with Crippen molar-refractivity contribution in [2.75, 3.05) is 13.1 Å². The number of carbonyl (C=O) groups is 4. The van der Waals surface area contributed by atoms with Gasteiger partial charge >= 0.3 is 6.09 Å². The molecule has 0 aliphatic carbocycles. The summed E-state index contributed by atoms with van der Waals surface area (Å²) in [6.45, 7) is 11.3. The Morgan fingerprint density at radius 1 is 1.19 bits per heavy atom. The third kappa shape index (κ3) is 11.2. The van der Waals surface area contributed by atoms with E-state index in [2.05, 4.69) is 30.1 Å². The number of unbranched alkanes of at least 4 members (excludes halogenated alkanes) is 2. The highest BCUT2D eigenvalue weighted by atomic mass is 16.6. The van der Waals surface area contributed by atoms with E-state index in [9.17, 15) is 19.2 Å². The molecule has 0 aromatic heterocycles. The molecule has 2 atom stereocenters. The molecular weight excluding hydrogens is 472 g/mol. The van der Waals surface area contributed by atoms with Gasteiger partial charge in [0, 0.05) is 25.1 Å². The maximum absolute atomic E-state index is 13.8. The third-order valence-corrected chi connectivity index (χ3v) is 5.31. The van der Waals surface area contributed by atoms with Crippen LogP contribution in [0.25, 0.3) is 0 Å². The van der Waals surface area contributed by atoms with E-state index in [4.69, 9.17) is 16.9 Å². The van der Waals surface area contributed by atoms with Crippen LogP contribution in [-0.2, 0) is 19.1 Å². The van der Waals surface area contributed by atoms with Gasteiger partial charge in [0.1, 0.15) is 17.7 Å². The largest absolute Gasteiger partial charge is 0.444 e. The minimum Gasteiger partial charge on any atom is -0.444 e. The normalized spacial score (nSPS) is 12.4. The highest BCUT2D eigenvalue weighted by Gasteiger charge is 2.35. The molecule has 0 saturated carbocycles. The molecule has 37 heavy (non-hydrogen) atoms. The number of nitrogens with one attached hydrogen (secondary N) is 2. The summed E-state index contributed by atoms with van der Waals surface area (Å²) in [4.78, 5) is 52.5. The first-order valence-electron chi connectivity index (χ1n) is 12.5. The van der Waals surface area contributed by atoms with Crippen LogP contribution in [0.4, 0.5) is 4.79 Å². The van der Waals surface area contributed by atoms with Gasteiger partial charge in [-0.15, -0.1) is 13.0 Å². The van der Waals surface area contributed by atoms with Crippen LogP contribution in [0, 0.1) is 12.3 Å². The van der Waals surface area contributed by atoms with Crippen LogP contribution in [0.5, 0.6) is 0 Å². The Morgan fingerprint density at radius 2 is 1.84 bits per heavy atom. The molecule has 1 rings (SSSR count). The molecule has 0 spiro atoms. The first kappa shape index (κ1) is 31.2. The van der Waals surface area contributed by atoms with E-state index in [1.54, 1.807) is 45.0 Å². The van der Waals surface area contributed by atoms with E-state index < -0.39 is 35.6 Å². The molecule has 1 aromatic carbocycles. The topological polar surface area (TPSA) is 131 Å². The van der Waals surface area contributed by atoms with Gasteiger partial charge in [0.25, 0.3) is 0 Å². The summed E-state index contributed by atoms with van der Waals surface area (Å²) in [5.74, 6) is 0.935. The average Bonchev–Trinajstić information content (AvgIpc) is 2.82. The van der Waals surface area contributed by atoms with Gasteiger partial charge < -0.3 is 26.0 Å². The van der Waals surface area contributed by atoms with Gasteiger partial charge in [-0.3, -0.25) is 14.4 Å². The quantitative estimate of drug-likeness (QED) is 0.200. The molecule has 0 heterocycles. The Morgan fingerprint density at radius 3 is 2.35 bits per heavy atom. The fraction of sp³-hybridized carbons (Fsp3) is 0.500. The summed E-state index contributed by atoms with van der Waals surface area (Å²) in [5, 5.41) is 5.44. The Hall–Kier alpha value is -3.80. The molecule has 4 amide bonds. The van der Waals surface area contributed by atoms with E-state index >= 15 is 0 Å². The average molecular weight is 513 g/mol. The van der Waals surface area contributed by atoms with Crippen molar-refractivity contribution in [2.45, 2.75) is 77.5 Å². The number of hydrogen-bond donors (Lipinski definition) is 3. The minimum atomic E-state index is -1.16. The maximum atomic E-state index is 13.8. The van der Waals surface area contributed by atoms with E-state index in [1.165, 1.54) is 11.0 Å². The number of nitrogens with two attached hydrogens (primary N) is 1. The van der Waals surface area contributed by atoms with Crippen molar-refractivity contribution in [1.82, 2.24) is 15.5 Å². The Bertz CT molecular complexity index is 976. The van der Waals surface area contributed by atoms with Crippen molar-refractivity contribution >= 4 is 23.8 Å². The lowest BCUT2D eigenvalue weighted by atomic mass is 10.00. The predicted molar refractivity (Wildman–Crippen MR) is 143 cm³/mol. The summed E-state index contributed by atoms with van der Waals surface area (Å²) >= 11 is 0. The molecule has 9 nitrogen and oxygen atoms in total. The lowest BCUT2D eigenvalue weighted by molar-refractivity contribution is -0.142. The first-order valence-corrected chi connectivity index (χ1v) is 12.5. The van der Waals surface area contributed by atoms with Gasteiger partial charge in [0.2, 0.25) is 17.7 Å². The van der Waals surface area contributed by atoms with Crippen LogP contribution in [0.2, 0.25) is 0 Å². The SMILES string of the molecule is C#Cc1ccc(C(C(=O)NCCCCC)N(CC=C)C(=O)C(CCC(N)=O)NC(=O)OC(C)(C)C)cc1. The maximum Gasteiger partial charge on any atom is 0.408 e. The molecule has 0 bridgehead atoms. The zero-order valence-corrected chi connectivity index (χ0v) is 22.3. The fourth-order valence-corrected chi connectivity index (χ4v) is 3.57. The van der Waals surface area contributed by atoms with Crippen LogP contribution < -0.4 is 16.4 Å². The number of rotatable bonds is 14. The van der Waals surface area contributed by atoms with Crippen LogP contribution in [-0.4, -0.2) is 53.4 Å². The molecule has 0 radical (unpaired) electrons. The summed E-state index contributed by atoms with van der Waals surface area (Å²) in [6.07, 6.45) is 8.65. The molecular formula is C28H40N4O5. The molecule has 202 valence electrons.